The highest BCUT2D eigenvalue weighted by atomic mass is 32.2. The fourth-order valence-electron chi connectivity index (χ4n) is 2.56. The summed E-state index contributed by atoms with van der Waals surface area (Å²) in [5.74, 6) is -1.30. The van der Waals surface area contributed by atoms with Crippen molar-refractivity contribution in [1.29, 1.82) is 0 Å². The number of ether oxygens (including phenoxy) is 2. The maximum absolute atomic E-state index is 12.5. The van der Waals surface area contributed by atoms with Gasteiger partial charge < -0.3 is 14.8 Å². The summed E-state index contributed by atoms with van der Waals surface area (Å²) in [5, 5.41) is 2.61. The van der Waals surface area contributed by atoms with Gasteiger partial charge in [-0.1, -0.05) is 44.2 Å². The minimum Gasteiger partial charge on any atom is -0.492 e. The largest absolute Gasteiger partial charge is 0.492 e. The quantitative estimate of drug-likeness (QED) is 0.556. The second-order valence-corrected chi connectivity index (χ2v) is 8.46. The number of amides is 1. The molecule has 0 aliphatic carbocycles. The van der Waals surface area contributed by atoms with E-state index in [0.717, 1.165) is 0 Å². The van der Waals surface area contributed by atoms with Gasteiger partial charge in [0.15, 0.2) is 6.61 Å². The van der Waals surface area contributed by atoms with Crippen LogP contribution in [0.5, 0.6) is 5.75 Å². The Morgan fingerprint density at radius 1 is 1.00 bits per heavy atom. The monoisotopic (exact) mass is 434 g/mol. The topological polar surface area (TPSA) is 111 Å². The molecule has 2 rings (SSSR count). The van der Waals surface area contributed by atoms with Crippen LogP contribution in [-0.2, 0) is 24.3 Å². The van der Waals surface area contributed by atoms with Gasteiger partial charge in [-0.15, -0.1) is 0 Å². The average Bonchev–Trinajstić information content (AvgIpc) is 2.72. The normalized spacial score (nSPS) is 12.3. The first-order valence-corrected chi connectivity index (χ1v) is 11.0. The van der Waals surface area contributed by atoms with E-state index in [2.05, 4.69) is 10.0 Å². The third kappa shape index (κ3) is 6.57. The number of sulfonamides is 1. The molecular weight excluding hydrogens is 408 g/mol. The Morgan fingerprint density at radius 2 is 1.63 bits per heavy atom. The Hall–Kier alpha value is -2.91. The van der Waals surface area contributed by atoms with E-state index < -0.39 is 40.5 Å². The number of carbonyl (C=O) groups excluding carboxylic acids is 2. The molecule has 9 heteroatoms. The van der Waals surface area contributed by atoms with E-state index in [-0.39, 0.29) is 4.90 Å². The van der Waals surface area contributed by atoms with E-state index in [0.29, 0.717) is 18.0 Å². The van der Waals surface area contributed by atoms with Crippen LogP contribution in [0.4, 0.5) is 5.69 Å². The summed E-state index contributed by atoms with van der Waals surface area (Å²) in [5.41, 5.74) is 0.450. The number of hydrogen-bond donors (Lipinski definition) is 2. The number of carbonyl (C=O) groups is 2. The molecule has 0 saturated carbocycles. The van der Waals surface area contributed by atoms with Gasteiger partial charge in [-0.3, -0.25) is 9.59 Å². The number of benzene rings is 2. The molecule has 0 aromatic heterocycles. The third-order valence-electron chi connectivity index (χ3n) is 4.06. The smallest absolute Gasteiger partial charge is 0.324 e. The predicted octanol–water partition coefficient (Wildman–Crippen LogP) is 2.57. The van der Waals surface area contributed by atoms with Gasteiger partial charge in [-0.05, 0) is 37.1 Å². The lowest BCUT2D eigenvalue weighted by molar-refractivity contribution is -0.150. The first-order valence-electron chi connectivity index (χ1n) is 9.50. The maximum Gasteiger partial charge on any atom is 0.324 e. The van der Waals surface area contributed by atoms with Crippen LogP contribution < -0.4 is 14.8 Å². The molecule has 0 radical (unpaired) electrons. The molecule has 0 unspecified atom stereocenters. The lowest BCUT2D eigenvalue weighted by Gasteiger charge is -2.20. The zero-order valence-corrected chi connectivity index (χ0v) is 17.9. The zero-order valence-electron chi connectivity index (χ0n) is 17.1. The number of para-hydroxylation sites is 2. The van der Waals surface area contributed by atoms with E-state index in [1.54, 1.807) is 56.3 Å². The van der Waals surface area contributed by atoms with Crippen molar-refractivity contribution in [2.24, 2.45) is 5.92 Å². The first kappa shape index (κ1) is 23.4. The van der Waals surface area contributed by atoms with Gasteiger partial charge in [0.1, 0.15) is 11.8 Å². The summed E-state index contributed by atoms with van der Waals surface area (Å²) < 4.78 is 37.9. The molecule has 0 fully saturated rings. The summed E-state index contributed by atoms with van der Waals surface area (Å²) in [7, 11) is -3.92. The van der Waals surface area contributed by atoms with Gasteiger partial charge in [0, 0.05) is 0 Å². The molecule has 0 saturated heterocycles. The summed E-state index contributed by atoms with van der Waals surface area (Å²) in [6, 6.07) is 13.4. The molecule has 0 spiro atoms. The van der Waals surface area contributed by atoms with Crippen LogP contribution in [0.2, 0.25) is 0 Å². The highest BCUT2D eigenvalue weighted by Gasteiger charge is 2.30. The summed E-state index contributed by atoms with van der Waals surface area (Å²) in [4.78, 5) is 24.7. The van der Waals surface area contributed by atoms with Crippen molar-refractivity contribution in [2.75, 3.05) is 18.5 Å². The average molecular weight is 435 g/mol. The second kappa shape index (κ2) is 10.7. The molecule has 2 aromatic carbocycles. The van der Waals surface area contributed by atoms with Gasteiger partial charge in [0.25, 0.3) is 5.91 Å². The van der Waals surface area contributed by atoms with Crippen LogP contribution in [0.25, 0.3) is 0 Å². The van der Waals surface area contributed by atoms with Crippen molar-refractivity contribution < 1.29 is 27.5 Å². The predicted molar refractivity (Wildman–Crippen MR) is 113 cm³/mol. The molecule has 2 aromatic rings. The molecule has 0 bridgehead atoms. The molecule has 0 heterocycles. The van der Waals surface area contributed by atoms with Crippen LogP contribution in [0.3, 0.4) is 0 Å². The van der Waals surface area contributed by atoms with Gasteiger partial charge in [-0.25, -0.2) is 8.42 Å². The molecule has 8 nitrogen and oxygen atoms in total. The van der Waals surface area contributed by atoms with Crippen molar-refractivity contribution >= 4 is 27.6 Å². The molecule has 30 heavy (non-hydrogen) atoms. The van der Waals surface area contributed by atoms with Crippen molar-refractivity contribution in [3.8, 4) is 5.75 Å². The second-order valence-electron chi connectivity index (χ2n) is 6.74. The zero-order chi connectivity index (χ0) is 22.1. The number of rotatable bonds is 10. The molecule has 1 atom stereocenters. The summed E-state index contributed by atoms with van der Waals surface area (Å²) in [6.45, 7) is 5.05. The highest BCUT2D eigenvalue weighted by molar-refractivity contribution is 7.89. The van der Waals surface area contributed by atoms with Crippen LogP contribution in [0.15, 0.2) is 59.5 Å². The molecule has 1 amide bonds. The Balaban J connectivity index is 2.00. The fourth-order valence-corrected chi connectivity index (χ4v) is 3.91. The standard InChI is InChI=1S/C21H26N2O6S/c1-4-28-18-13-9-8-12-17(18)22-19(24)14-29-21(25)20(15(2)3)23-30(26,27)16-10-6-5-7-11-16/h5-13,15,20,23H,4,14H2,1-3H3,(H,22,24)/t20-/m0/s1. The summed E-state index contributed by atoms with van der Waals surface area (Å²) in [6.07, 6.45) is 0. The van der Waals surface area contributed by atoms with Crippen LogP contribution in [0, 0.1) is 5.92 Å². The summed E-state index contributed by atoms with van der Waals surface area (Å²) >= 11 is 0. The first-order chi connectivity index (χ1) is 14.2. The molecule has 162 valence electrons. The van der Waals surface area contributed by atoms with Crippen molar-refractivity contribution in [3.63, 3.8) is 0 Å². The van der Waals surface area contributed by atoms with Crippen LogP contribution >= 0.6 is 0 Å². The number of hydrogen-bond acceptors (Lipinski definition) is 6. The molecule has 0 aliphatic rings. The van der Waals surface area contributed by atoms with Gasteiger partial charge in [-0.2, -0.15) is 4.72 Å². The SMILES string of the molecule is CCOc1ccccc1NC(=O)COC(=O)[C@@H](NS(=O)(=O)c1ccccc1)C(C)C. The van der Waals surface area contributed by atoms with Gasteiger partial charge in [0.2, 0.25) is 10.0 Å². The number of anilines is 1. The van der Waals surface area contributed by atoms with E-state index in [4.69, 9.17) is 9.47 Å². The minimum absolute atomic E-state index is 0.0359. The van der Waals surface area contributed by atoms with Crippen molar-refractivity contribution in [1.82, 2.24) is 4.72 Å². The van der Waals surface area contributed by atoms with Gasteiger partial charge >= 0.3 is 5.97 Å². The number of nitrogens with one attached hydrogen (secondary N) is 2. The minimum atomic E-state index is -3.92. The maximum atomic E-state index is 12.5. The lowest BCUT2D eigenvalue weighted by atomic mass is 10.1. The lowest BCUT2D eigenvalue weighted by Crippen LogP contribution is -2.45. The Morgan fingerprint density at radius 3 is 2.27 bits per heavy atom. The Labute approximate surface area is 176 Å². The highest BCUT2D eigenvalue weighted by Crippen LogP contribution is 2.23. The van der Waals surface area contributed by atoms with Gasteiger partial charge in [0.05, 0.1) is 17.2 Å². The fraction of sp³-hybridized carbons (Fsp3) is 0.333. The molecule has 2 N–H and O–H groups in total. The van der Waals surface area contributed by atoms with E-state index in [9.17, 15) is 18.0 Å². The van der Waals surface area contributed by atoms with E-state index in [1.165, 1.54) is 12.1 Å². The van der Waals surface area contributed by atoms with E-state index >= 15 is 0 Å². The van der Waals surface area contributed by atoms with Crippen molar-refractivity contribution in [2.45, 2.75) is 31.7 Å². The van der Waals surface area contributed by atoms with E-state index in [1.807, 2.05) is 6.92 Å². The van der Waals surface area contributed by atoms with Crippen LogP contribution in [-0.4, -0.2) is 39.5 Å². The van der Waals surface area contributed by atoms with Crippen molar-refractivity contribution in [3.05, 3.63) is 54.6 Å². The van der Waals surface area contributed by atoms with Crippen LogP contribution in [0.1, 0.15) is 20.8 Å². The molecular formula is C21H26N2O6S. The molecule has 0 aliphatic heterocycles. The number of esters is 1. The Kier molecular flexibility index (Phi) is 8.37. The third-order valence-corrected chi connectivity index (χ3v) is 5.52. The Bertz CT molecular complexity index is 960.